The standard InChI is InChI=1S/C17H14ClNO4/c1-10(20)23-16-15-12(6-4-8-14(15)22)19(17(16)18)9-11-5-2-3-7-13(11)21/h2-8,21-22H,9H2,1H3. The SMILES string of the molecule is CC(=O)Oc1c(Cl)n(Cc2ccccc2O)c2cccc(O)c12. The van der Waals surface area contributed by atoms with Crippen molar-refractivity contribution in [3.05, 3.63) is 53.2 Å². The van der Waals surface area contributed by atoms with Gasteiger partial charge < -0.3 is 19.5 Å². The minimum atomic E-state index is -0.531. The molecular formula is C17H14ClNO4. The van der Waals surface area contributed by atoms with Crippen LogP contribution in [-0.4, -0.2) is 20.7 Å². The molecule has 0 aliphatic carbocycles. The minimum absolute atomic E-state index is 0.0308. The molecule has 23 heavy (non-hydrogen) atoms. The number of carbonyl (C=O) groups excluding carboxylic acids is 1. The van der Waals surface area contributed by atoms with Crippen molar-refractivity contribution in [1.82, 2.24) is 4.57 Å². The van der Waals surface area contributed by atoms with Gasteiger partial charge in [0.15, 0.2) is 10.9 Å². The maximum Gasteiger partial charge on any atom is 0.308 e. The fourth-order valence-electron chi connectivity index (χ4n) is 2.52. The number of carbonyl (C=O) groups is 1. The number of phenols is 2. The molecule has 5 nitrogen and oxygen atoms in total. The predicted molar refractivity (Wildman–Crippen MR) is 87.1 cm³/mol. The quantitative estimate of drug-likeness (QED) is 0.718. The molecule has 0 atom stereocenters. The Labute approximate surface area is 137 Å². The van der Waals surface area contributed by atoms with Crippen LogP contribution in [-0.2, 0) is 11.3 Å². The zero-order valence-corrected chi connectivity index (χ0v) is 13.0. The molecule has 6 heteroatoms. The van der Waals surface area contributed by atoms with Gasteiger partial charge in [-0.3, -0.25) is 4.79 Å². The largest absolute Gasteiger partial charge is 0.508 e. The number of nitrogens with zero attached hydrogens (tertiary/aromatic N) is 1. The number of aromatic hydroxyl groups is 2. The molecule has 1 heterocycles. The molecule has 3 aromatic rings. The number of fused-ring (bicyclic) bond motifs is 1. The average molecular weight is 332 g/mol. The molecule has 2 aromatic carbocycles. The number of hydrogen-bond acceptors (Lipinski definition) is 4. The van der Waals surface area contributed by atoms with Gasteiger partial charge in [0, 0.05) is 12.5 Å². The summed E-state index contributed by atoms with van der Waals surface area (Å²) in [6, 6.07) is 11.8. The van der Waals surface area contributed by atoms with Crippen LogP contribution in [0.4, 0.5) is 0 Å². The van der Waals surface area contributed by atoms with E-state index in [1.165, 1.54) is 13.0 Å². The van der Waals surface area contributed by atoms with Gasteiger partial charge in [0.25, 0.3) is 0 Å². The van der Waals surface area contributed by atoms with E-state index in [4.69, 9.17) is 16.3 Å². The highest BCUT2D eigenvalue weighted by Gasteiger charge is 2.21. The normalized spacial score (nSPS) is 10.9. The van der Waals surface area contributed by atoms with Crippen molar-refractivity contribution in [2.45, 2.75) is 13.5 Å². The third-order valence-electron chi connectivity index (χ3n) is 3.53. The molecule has 0 spiro atoms. The summed E-state index contributed by atoms with van der Waals surface area (Å²) >= 11 is 6.36. The summed E-state index contributed by atoms with van der Waals surface area (Å²) in [4.78, 5) is 11.3. The Balaban J connectivity index is 2.21. The maximum atomic E-state index is 11.3. The maximum absolute atomic E-state index is 11.3. The van der Waals surface area contributed by atoms with Gasteiger partial charge in [-0.15, -0.1) is 0 Å². The summed E-state index contributed by atoms with van der Waals surface area (Å²) in [5.41, 5.74) is 1.26. The molecule has 2 N–H and O–H groups in total. The van der Waals surface area contributed by atoms with E-state index < -0.39 is 5.97 Å². The van der Waals surface area contributed by atoms with Gasteiger partial charge in [0.1, 0.15) is 11.5 Å². The number of halogens is 1. The summed E-state index contributed by atoms with van der Waals surface area (Å²) in [5, 5.41) is 20.6. The molecule has 0 amide bonds. The monoisotopic (exact) mass is 331 g/mol. The van der Waals surface area contributed by atoms with Crippen LogP contribution in [0.2, 0.25) is 5.15 Å². The molecule has 0 aliphatic heterocycles. The van der Waals surface area contributed by atoms with E-state index in [9.17, 15) is 15.0 Å². The summed E-state index contributed by atoms with van der Waals surface area (Å²) in [6.45, 7) is 1.54. The summed E-state index contributed by atoms with van der Waals surface area (Å²) in [7, 11) is 0. The molecular weight excluding hydrogens is 318 g/mol. The van der Waals surface area contributed by atoms with Crippen LogP contribution in [0.25, 0.3) is 10.9 Å². The van der Waals surface area contributed by atoms with E-state index in [0.29, 0.717) is 16.5 Å². The van der Waals surface area contributed by atoms with Crippen LogP contribution in [0.3, 0.4) is 0 Å². The van der Waals surface area contributed by atoms with E-state index in [0.717, 1.165) is 0 Å². The van der Waals surface area contributed by atoms with E-state index in [-0.39, 0.29) is 28.9 Å². The van der Waals surface area contributed by atoms with E-state index in [1.54, 1.807) is 41.0 Å². The van der Waals surface area contributed by atoms with Gasteiger partial charge in [-0.05, 0) is 18.2 Å². The van der Waals surface area contributed by atoms with Crippen LogP contribution >= 0.6 is 11.6 Å². The zero-order chi connectivity index (χ0) is 16.6. The first kappa shape index (κ1) is 15.2. The third kappa shape index (κ3) is 2.71. The smallest absolute Gasteiger partial charge is 0.308 e. The predicted octanol–water partition coefficient (Wildman–Crippen LogP) is 3.68. The first-order chi connectivity index (χ1) is 11.0. The number of benzene rings is 2. The van der Waals surface area contributed by atoms with Crippen molar-refractivity contribution in [2.75, 3.05) is 0 Å². The Morgan fingerprint density at radius 2 is 1.83 bits per heavy atom. The third-order valence-corrected chi connectivity index (χ3v) is 3.90. The minimum Gasteiger partial charge on any atom is -0.508 e. The van der Waals surface area contributed by atoms with Crippen LogP contribution in [0, 0.1) is 0 Å². The molecule has 3 rings (SSSR count). The van der Waals surface area contributed by atoms with Gasteiger partial charge in [0.05, 0.1) is 17.4 Å². The highest BCUT2D eigenvalue weighted by atomic mass is 35.5. The van der Waals surface area contributed by atoms with Gasteiger partial charge >= 0.3 is 5.97 Å². The highest BCUT2D eigenvalue weighted by Crippen LogP contribution is 2.42. The van der Waals surface area contributed by atoms with Gasteiger partial charge in [0.2, 0.25) is 0 Å². The molecule has 0 saturated carbocycles. The van der Waals surface area contributed by atoms with Crippen LogP contribution in [0.15, 0.2) is 42.5 Å². The lowest BCUT2D eigenvalue weighted by molar-refractivity contribution is -0.131. The molecule has 0 bridgehead atoms. The van der Waals surface area contributed by atoms with E-state index >= 15 is 0 Å². The van der Waals surface area contributed by atoms with Crippen molar-refractivity contribution in [1.29, 1.82) is 0 Å². The van der Waals surface area contributed by atoms with Crippen LogP contribution in [0.1, 0.15) is 12.5 Å². The fraction of sp³-hybridized carbons (Fsp3) is 0.118. The number of aromatic nitrogens is 1. The molecule has 0 aliphatic rings. The van der Waals surface area contributed by atoms with Crippen molar-refractivity contribution < 1.29 is 19.7 Å². The number of hydrogen-bond donors (Lipinski definition) is 2. The fourth-order valence-corrected chi connectivity index (χ4v) is 2.81. The zero-order valence-electron chi connectivity index (χ0n) is 12.3. The number of para-hydroxylation sites is 1. The number of esters is 1. The molecule has 118 valence electrons. The first-order valence-corrected chi connectivity index (χ1v) is 7.31. The lowest BCUT2D eigenvalue weighted by Crippen LogP contribution is -2.03. The molecule has 1 aromatic heterocycles. The summed E-state index contributed by atoms with van der Waals surface area (Å²) < 4.78 is 6.84. The summed E-state index contributed by atoms with van der Waals surface area (Å²) in [5.74, 6) is -0.310. The van der Waals surface area contributed by atoms with Crippen molar-refractivity contribution in [3.8, 4) is 17.2 Å². The van der Waals surface area contributed by atoms with Crippen molar-refractivity contribution in [2.24, 2.45) is 0 Å². The second-order valence-electron chi connectivity index (χ2n) is 5.10. The second kappa shape index (κ2) is 5.85. The van der Waals surface area contributed by atoms with Crippen LogP contribution < -0.4 is 4.74 Å². The van der Waals surface area contributed by atoms with Crippen molar-refractivity contribution in [3.63, 3.8) is 0 Å². The number of ether oxygens (including phenoxy) is 1. The molecule has 0 fully saturated rings. The van der Waals surface area contributed by atoms with E-state index in [2.05, 4.69) is 0 Å². The summed E-state index contributed by atoms with van der Waals surface area (Å²) in [6.07, 6.45) is 0. The van der Waals surface area contributed by atoms with Gasteiger partial charge in [-0.1, -0.05) is 35.9 Å². The Kier molecular flexibility index (Phi) is 3.88. The Bertz CT molecular complexity index is 901. The molecule has 0 saturated heterocycles. The molecule has 0 unspecified atom stereocenters. The lowest BCUT2D eigenvalue weighted by atomic mass is 10.2. The highest BCUT2D eigenvalue weighted by molar-refractivity contribution is 6.33. The topological polar surface area (TPSA) is 71.7 Å². The van der Waals surface area contributed by atoms with Crippen molar-refractivity contribution >= 4 is 28.5 Å². The lowest BCUT2D eigenvalue weighted by Gasteiger charge is -2.09. The van der Waals surface area contributed by atoms with Gasteiger partial charge in [-0.2, -0.15) is 0 Å². The average Bonchev–Trinajstić information content (AvgIpc) is 2.76. The number of phenolic OH excluding ortho intramolecular Hbond substituents is 2. The number of rotatable bonds is 3. The van der Waals surface area contributed by atoms with Crippen LogP contribution in [0.5, 0.6) is 17.2 Å². The second-order valence-corrected chi connectivity index (χ2v) is 5.46. The van der Waals surface area contributed by atoms with E-state index in [1.807, 2.05) is 0 Å². The van der Waals surface area contributed by atoms with Gasteiger partial charge in [-0.25, -0.2) is 0 Å². The molecule has 0 radical (unpaired) electrons. The Morgan fingerprint density at radius 1 is 1.13 bits per heavy atom. The first-order valence-electron chi connectivity index (χ1n) is 6.94. The Morgan fingerprint density at radius 3 is 2.52 bits per heavy atom. The Hall–Kier alpha value is -2.66.